The number of carbonyl (C=O) groups excluding carboxylic acids is 1. The van der Waals surface area contributed by atoms with Crippen molar-refractivity contribution in [3.63, 3.8) is 0 Å². The fourth-order valence-corrected chi connectivity index (χ4v) is 3.13. The van der Waals surface area contributed by atoms with Gasteiger partial charge in [0.05, 0.1) is 18.6 Å². The molecular formula is C19H20FNO2. The van der Waals surface area contributed by atoms with Crippen LogP contribution in [-0.4, -0.2) is 34.6 Å². The van der Waals surface area contributed by atoms with Crippen molar-refractivity contribution in [2.45, 2.75) is 31.4 Å². The number of amides is 1. The summed E-state index contributed by atoms with van der Waals surface area (Å²) in [5, 5.41) is 10.2. The van der Waals surface area contributed by atoms with E-state index < -0.39 is 6.10 Å². The summed E-state index contributed by atoms with van der Waals surface area (Å²) >= 11 is 0. The molecule has 0 unspecified atom stereocenters. The monoisotopic (exact) mass is 313 g/mol. The highest BCUT2D eigenvalue weighted by Gasteiger charge is 2.35. The van der Waals surface area contributed by atoms with Crippen LogP contribution < -0.4 is 0 Å². The van der Waals surface area contributed by atoms with Gasteiger partial charge in [0.15, 0.2) is 0 Å². The summed E-state index contributed by atoms with van der Waals surface area (Å²) in [5.41, 5.74) is 1.90. The van der Waals surface area contributed by atoms with E-state index in [0.29, 0.717) is 19.4 Å². The summed E-state index contributed by atoms with van der Waals surface area (Å²) in [7, 11) is 0. The van der Waals surface area contributed by atoms with Gasteiger partial charge in [0, 0.05) is 6.54 Å². The number of benzene rings is 2. The second-order valence-electron chi connectivity index (χ2n) is 6.00. The quantitative estimate of drug-likeness (QED) is 0.942. The molecule has 1 heterocycles. The predicted octanol–water partition coefficient (Wildman–Crippen LogP) is 2.57. The average Bonchev–Trinajstić information content (AvgIpc) is 2.92. The standard InChI is InChI=1S/C19H20FNO2/c20-16-8-6-15(7-9-16)13-19(23)21-11-10-18(22)17(21)12-14-4-2-1-3-5-14/h1-9,17-18,22H,10-13H2/t17-,18-/m1/s1. The number of nitrogens with zero attached hydrogens (tertiary/aromatic N) is 1. The van der Waals surface area contributed by atoms with Gasteiger partial charge in [-0.05, 0) is 36.1 Å². The Bertz CT molecular complexity index is 657. The van der Waals surface area contributed by atoms with Crippen molar-refractivity contribution in [3.8, 4) is 0 Å². The Kier molecular flexibility index (Phi) is 4.72. The molecule has 0 bridgehead atoms. The molecule has 2 atom stereocenters. The highest BCUT2D eigenvalue weighted by Crippen LogP contribution is 2.23. The molecule has 3 nitrogen and oxygen atoms in total. The van der Waals surface area contributed by atoms with Gasteiger partial charge in [0.2, 0.25) is 5.91 Å². The summed E-state index contributed by atoms with van der Waals surface area (Å²) in [6.45, 7) is 0.568. The molecule has 2 aromatic carbocycles. The van der Waals surface area contributed by atoms with E-state index in [1.54, 1.807) is 17.0 Å². The smallest absolute Gasteiger partial charge is 0.227 e. The first-order valence-electron chi connectivity index (χ1n) is 7.89. The van der Waals surface area contributed by atoms with Gasteiger partial charge in [-0.15, -0.1) is 0 Å². The van der Waals surface area contributed by atoms with Crippen molar-refractivity contribution >= 4 is 5.91 Å². The molecule has 1 aliphatic rings. The molecule has 23 heavy (non-hydrogen) atoms. The van der Waals surface area contributed by atoms with Crippen molar-refractivity contribution < 1.29 is 14.3 Å². The van der Waals surface area contributed by atoms with Crippen molar-refractivity contribution in [2.75, 3.05) is 6.54 Å². The number of hydrogen-bond acceptors (Lipinski definition) is 2. The van der Waals surface area contributed by atoms with Crippen LogP contribution in [0.4, 0.5) is 4.39 Å². The number of hydrogen-bond donors (Lipinski definition) is 1. The van der Waals surface area contributed by atoms with E-state index in [4.69, 9.17) is 0 Å². The van der Waals surface area contributed by atoms with Crippen molar-refractivity contribution in [1.29, 1.82) is 0 Å². The molecule has 1 aliphatic heterocycles. The van der Waals surface area contributed by atoms with E-state index in [9.17, 15) is 14.3 Å². The molecule has 0 spiro atoms. The second-order valence-corrected chi connectivity index (χ2v) is 6.00. The van der Waals surface area contributed by atoms with Gasteiger partial charge in [-0.2, -0.15) is 0 Å². The van der Waals surface area contributed by atoms with Crippen molar-refractivity contribution in [3.05, 3.63) is 71.5 Å². The van der Waals surface area contributed by atoms with E-state index >= 15 is 0 Å². The molecule has 0 aliphatic carbocycles. The zero-order chi connectivity index (χ0) is 16.2. The molecule has 1 amide bonds. The minimum absolute atomic E-state index is 0.0194. The summed E-state index contributed by atoms with van der Waals surface area (Å²) in [6, 6.07) is 15.7. The molecule has 2 aromatic rings. The van der Waals surface area contributed by atoms with E-state index in [-0.39, 0.29) is 24.2 Å². The Morgan fingerprint density at radius 1 is 1.09 bits per heavy atom. The third-order valence-corrected chi connectivity index (χ3v) is 4.39. The number of aliphatic hydroxyl groups is 1. The largest absolute Gasteiger partial charge is 0.391 e. The van der Waals surface area contributed by atoms with Gasteiger partial charge in [-0.1, -0.05) is 42.5 Å². The van der Waals surface area contributed by atoms with Gasteiger partial charge in [0.1, 0.15) is 5.82 Å². The molecule has 4 heteroatoms. The Hall–Kier alpha value is -2.20. The molecule has 0 saturated carbocycles. The van der Waals surface area contributed by atoms with Crippen molar-refractivity contribution in [1.82, 2.24) is 4.90 Å². The molecular weight excluding hydrogens is 293 g/mol. The van der Waals surface area contributed by atoms with Crippen LogP contribution in [0.3, 0.4) is 0 Å². The Labute approximate surface area is 135 Å². The molecule has 1 fully saturated rings. The van der Waals surface area contributed by atoms with Gasteiger partial charge < -0.3 is 10.0 Å². The van der Waals surface area contributed by atoms with Crippen molar-refractivity contribution in [2.24, 2.45) is 0 Å². The first kappa shape index (κ1) is 15.7. The zero-order valence-electron chi connectivity index (χ0n) is 12.9. The normalized spacial score (nSPS) is 20.7. The Morgan fingerprint density at radius 3 is 2.48 bits per heavy atom. The number of carbonyl (C=O) groups is 1. The zero-order valence-corrected chi connectivity index (χ0v) is 12.9. The third-order valence-electron chi connectivity index (χ3n) is 4.39. The lowest BCUT2D eigenvalue weighted by Crippen LogP contribution is -2.41. The van der Waals surface area contributed by atoms with E-state index in [0.717, 1.165) is 11.1 Å². The summed E-state index contributed by atoms with van der Waals surface area (Å²) in [5.74, 6) is -0.325. The summed E-state index contributed by atoms with van der Waals surface area (Å²) in [6.07, 6.45) is 0.995. The molecule has 1 N–H and O–H groups in total. The van der Waals surface area contributed by atoms with Gasteiger partial charge in [0.25, 0.3) is 0 Å². The number of aliphatic hydroxyl groups excluding tert-OH is 1. The van der Waals surface area contributed by atoms with Crippen LogP contribution in [0.1, 0.15) is 17.5 Å². The van der Waals surface area contributed by atoms with Gasteiger partial charge in [-0.25, -0.2) is 4.39 Å². The number of rotatable bonds is 4. The SMILES string of the molecule is O=C(Cc1ccc(F)cc1)N1CC[C@@H](O)[C@H]1Cc1ccccc1. The highest BCUT2D eigenvalue weighted by atomic mass is 19.1. The number of halogens is 1. The first-order valence-corrected chi connectivity index (χ1v) is 7.89. The van der Waals surface area contributed by atoms with E-state index in [2.05, 4.69) is 0 Å². The minimum atomic E-state index is -0.493. The average molecular weight is 313 g/mol. The number of likely N-dealkylation sites (tertiary alicyclic amines) is 1. The highest BCUT2D eigenvalue weighted by molar-refractivity contribution is 5.79. The Morgan fingerprint density at radius 2 is 1.78 bits per heavy atom. The lowest BCUT2D eigenvalue weighted by atomic mass is 10.0. The third kappa shape index (κ3) is 3.77. The maximum atomic E-state index is 13.0. The maximum Gasteiger partial charge on any atom is 0.227 e. The second kappa shape index (κ2) is 6.92. The molecule has 3 rings (SSSR count). The molecule has 120 valence electrons. The van der Waals surface area contributed by atoms with Gasteiger partial charge in [-0.3, -0.25) is 4.79 Å². The van der Waals surface area contributed by atoms with E-state index in [1.165, 1.54) is 12.1 Å². The first-order chi connectivity index (χ1) is 11.1. The summed E-state index contributed by atoms with van der Waals surface area (Å²) in [4.78, 5) is 14.3. The lowest BCUT2D eigenvalue weighted by Gasteiger charge is -2.26. The van der Waals surface area contributed by atoms with Crippen LogP contribution in [0.25, 0.3) is 0 Å². The van der Waals surface area contributed by atoms with Gasteiger partial charge >= 0.3 is 0 Å². The fourth-order valence-electron chi connectivity index (χ4n) is 3.13. The Balaban J connectivity index is 1.69. The molecule has 1 saturated heterocycles. The fraction of sp³-hybridized carbons (Fsp3) is 0.316. The summed E-state index contributed by atoms with van der Waals surface area (Å²) < 4.78 is 13.0. The molecule has 0 radical (unpaired) electrons. The lowest BCUT2D eigenvalue weighted by molar-refractivity contribution is -0.132. The van der Waals surface area contributed by atoms with E-state index in [1.807, 2.05) is 30.3 Å². The molecule has 0 aromatic heterocycles. The van der Waals surface area contributed by atoms with Crippen LogP contribution in [0.2, 0.25) is 0 Å². The van der Waals surface area contributed by atoms with Crippen LogP contribution in [0, 0.1) is 5.82 Å². The minimum Gasteiger partial charge on any atom is -0.391 e. The van der Waals surface area contributed by atoms with Crippen LogP contribution in [0.15, 0.2) is 54.6 Å². The maximum absolute atomic E-state index is 13.0. The van der Waals surface area contributed by atoms with Crippen LogP contribution >= 0.6 is 0 Å². The van der Waals surface area contributed by atoms with Crippen LogP contribution in [0.5, 0.6) is 0 Å². The topological polar surface area (TPSA) is 40.5 Å². The van der Waals surface area contributed by atoms with Crippen LogP contribution in [-0.2, 0) is 17.6 Å². The predicted molar refractivity (Wildman–Crippen MR) is 86.4 cm³/mol.